The number of hydrogen-bond donors (Lipinski definition) is 0. The molecule has 4 saturated carbocycles. The lowest BCUT2D eigenvalue weighted by molar-refractivity contribution is -0.125. The molecule has 1 heterocycles. The number of epoxide rings is 1. The molecule has 1 saturated heterocycles. The molecule has 4 aliphatic carbocycles. The molecule has 0 amide bonds. The Morgan fingerprint density at radius 1 is 0.967 bits per heavy atom. The van der Waals surface area contributed by atoms with E-state index in [0.717, 1.165) is 35.5 Å². The molecule has 2 nitrogen and oxygen atoms in total. The Hall–Kier alpha value is -0.0800. The van der Waals surface area contributed by atoms with Crippen LogP contribution in [0.4, 0.5) is 0 Å². The summed E-state index contributed by atoms with van der Waals surface area (Å²) in [5, 5.41) is 0. The van der Waals surface area contributed by atoms with Gasteiger partial charge in [0.2, 0.25) is 0 Å². The van der Waals surface area contributed by atoms with Crippen molar-refractivity contribution in [3.8, 4) is 0 Å². The Balaban J connectivity index is 1.34. The highest BCUT2D eigenvalue weighted by molar-refractivity contribution is 5.24. The first-order valence-electron chi connectivity index (χ1n) is 13.5. The molecule has 0 aromatic heterocycles. The minimum Gasteiger partial charge on any atom is -0.381 e. The average molecular weight is 417 g/mol. The highest BCUT2D eigenvalue weighted by Crippen LogP contribution is 2.74. The zero-order chi connectivity index (χ0) is 21.3. The molecular formula is C28H48O2. The summed E-state index contributed by atoms with van der Waals surface area (Å²) in [5.74, 6) is 5.41. The van der Waals surface area contributed by atoms with Crippen LogP contribution in [0.1, 0.15) is 105 Å². The van der Waals surface area contributed by atoms with E-state index >= 15 is 0 Å². The summed E-state index contributed by atoms with van der Waals surface area (Å²) in [6.07, 6.45) is 16.2. The van der Waals surface area contributed by atoms with Gasteiger partial charge in [0.1, 0.15) is 5.60 Å². The van der Waals surface area contributed by atoms with Crippen LogP contribution in [0.25, 0.3) is 0 Å². The van der Waals surface area contributed by atoms with Crippen LogP contribution in [0.3, 0.4) is 0 Å². The van der Waals surface area contributed by atoms with Crippen LogP contribution in [-0.4, -0.2) is 24.9 Å². The molecule has 0 bridgehead atoms. The molecule has 2 heteroatoms. The van der Waals surface area contributed by atoms with Gasteiger partial charge in [-0.1, -0.05) is 53.9 Å². The molecule has 0 N–H and O–H groups in total. The largest absolute Gasteiger partial charge is 0.381 e. The second-order valence-electron chi connectivity index (χ2n) is 13.2. The van der Waals surface area contributed by atoms with E-state index in [2.05, 4.69) is 34.6 Å². The lowest BCUT2D eigenvalue weighted by Crippen LogP contribution is -2.59. The lowest BCUT2D eigenvalue weighted by atomic mass is 9.44. The van der Waals surface area contributed by atoms with Crippen molar-refractivity contribution in [1.29, 1.82) is 0 Å². The number of rotatable bonds is 6. The first kappa shape index (κ1) is 21.7. The van der Waals surface area contributed by atoms with E-state index in [9.17, 15) is 0 Å². The van der Waals surface area contributed by atoms with Crippen molar-refractivity contribution in [1.82, 2.24) is 0 Å². The van der Waals surface area contributed by atoms with E-state index in [1.54, 1.807) is 0 Å². The second kappa shape index (κ2) is 7.47. The summed E-state index contributed by atoms with van der Waals surface area (Å²) in [6, 6.07) is 0. The average Bonchev–Trinajstić information content (AvgIpc) is 3.29. The third-order valence-corrected chi connectivity index (χ3v) is 11.5. The molecule has 5 aliphatic rings. The second-order valence-corrected chi connectivity index (χ2v) is 13.2. The minimum atomic E-state index is 0.221. The molecule has 5 rings (SSSR count). The molecule has 0 radical (unpaired) electrons. The molecule has 172 valence electrons. The number of hydrogen-bond acceptors (Lipinski definition) is 2. The SMILES string of the molecule is COC1CCC23O[C@H]2C[C@H]2[C@@H]4CC[C@H]([C@H](C)CCCC(C)C)[C@@]4(C)CC[C@@H]2[C@@]3(C)C1. The fourth-order valence-corrected chi connectivity index (χ4v) is 9.93. The molecular weight excluding hydrogens is 368 g/mol. The molecule has 10 atom stereocenters. The molecule has 0 aromatic carbocycles. The Bertz CT molecular complexity index is 645. The number of methoxy groups -OCH3 is 1. The smallest absolute Gasteiger partial charge is 0.101 e. The van der Waals surface area contributed by atoms with E-state index in [4.69, 9.17) is 9.47 Å². The Morgan fingerprint density at radius 2 is 1.77 bits per heavy atom. The predicted octanol–water partition coefficient (Wildman–Crippen LogP) is 7.25. The van der Waals surface area contributed by atoms with Gasteiger partial charge in [-0.3, -0.25) is 0 Å². The van der Waals surface area contributed by atoms with E-state index < -0.39 is 0 Å². The van der Waals surface area contributed by atoms with Gasteiger partial charge in [0.15, 0.2) is 0 Å². The Morgan fingerprint density at radius 3 is 2.50 bits per heavy atom. The van der Waals surface area contributed by atoms with Gasteiger partial charge in [-0.15, -0.1) is 0 Å². The summed E-state index contributed by atoms with van der Waals surface area (Å²) in [4.78, 5) is 0. The third kappa shape index (κ3) is 3.01. The van der Waals surface area contributed by atoms with Crippen molar-refractivity contribution in [2.24, 2.45) is 46.3 Å². The highest BCUT2D eigenvalue weighted by Gasteiger charge is 2.76. The number of ether oxygens (including phenoxy) is 2. The van der Waals surface area contributed by atoms with Gasteiger partial charge in [0.25, 0.3) is 0 Å². The molecule has 5 fully saturated rings. The van der Waals surface area contributed by atoms with E-state index in [1.807, 2.05) is 7.11 Å². The van der Waals surface area contributed by atoms with Crippen LogP contribution in [-0.2, 0) is 9.47 Å². The zero-order valence-corrected chi connectivity index (χ0v) is 20.7. The molecule has 1 spiro atoms. The monoisotopic (exact) mass is 416 g/mol. The van der Waals surface area contributed by atoms with Crippen LogP contribution in [0.5, 0.6) is 0 Å². The van der Waals surface area contributed by atoms with Gasteiger partial charge >= 0.3 is 0 Å². The Kier molecular flexibility index (Phi) is 5.42. The Labute approximate surface area is 186 Å². The quantitative estimate of drug-likeness (QED) is 0.425. The maximum atomic E-state index is 6.63. The van der Waals surface area contributed by atoms with Gasteiger partial charge in [0.05, 0.1) is 12.2 Å². The van der Waals surface area contributed by atoms with Crippen molar-refractivity contribution in [3.05, 3.63) is 0 Å². The summed E-state index contributed by atoms with van der Waals surface area (Å²) in [6.45, 7) is 12.7. The number of fused-ring (bicyclic) bond motifs is 4. The van der Waals surface area contributed by atoms with Gasteiger partial charge in [-0.25, -0.2) is 0 Å². The topological polar surface area (TPSA) is 21.8 Å². The summed E-state index contributed by atoms with van der Waals surface area (Å²) in [7, 11) is 1.93. The lowest BCUT2D eigenvalue weighted by Gasteiger charge is -2.59. The third-order valence-electron chi connectivity index (χ3n) is 11.5. The summed E-state index contributed by atoms with van der Waals surface area (Å²) < 4.78 is 12.5. The fraction of sp³-hybridized carbons (Fsp3) is 1.00. The van der Waals surface area contributed by atoms with Gasteiger partial charge in [-0.05, 0) is 92.3 Å². The zero-order valence-electron chi connectivity index (χ0n) is 20.7. The molecule has 0 aromatic rings. The van der Waals surface area contributed by atoms with E-state index in [0.29, 0.717) is 23.0 Å². The first-order valence-corrected chi connectivity index (χ1v) is 13.5. The van der Waals surface area contributed by atoms with Crippen molar-refractivity contribution in [2.45, 2.75) is 123 Å². The molecule has 1 aliphatic heterocycles. The van der Waals surface area contributed by atoms with Crippen LogP contribution >= 0.6 is 0 Å². The molecule has 30 heavy (non-hydrogen) atoms. The van der Waals surface area contributed by atoms with E-state index in [1.165, 1.54) is 70.6 Å². The van der Waals surface area contributed by atoms with Gasteiger partial charge in [0, 0.05) is 12.5 Å². The van der Waals surface area contributed by atoms with Crippen LogP contribution < -0.4 is 0 Å². The first-order chi connectivity index (χ1) is 14.2. The fourth-order valence-electron chi connectivity index (χ4n) is 9.93. The molecule has 2 unspecified atom stereocenters. The van der Waals surface area contributed by atoms with Crippen molar-refractivity contribution in [3.63, 3.8) is 0 Å². The van der Waals surface area contributed by atoms with Gasteiger partial charge in [-0.2, -0.15) is 0 Å². The van der Waals surface area contributed by atoms with Crippen LogP contribution in [0.2, 0.25) is 0 Å². The van der Waals surface area contributed by atoms with Crippen LogP contribution in [0.15, 0.2) is 0 Å². The summed E-state index contributed by atoms with van der Waals surface area (Å²) in [5.41, 5.74) is 1.15. The standard InChI is InChI=1S/C28H48O2/c1-18(2)8-7-9-19(3)22-10-11-23-21-16-25-28(30-25)15-12-20(29-6)17-27(28,5)24(21)13-14-26(22,23)4/h18-25H,7-17H2,1-6H3/t19-,20?,21+,22-,23+,24+,25+,26-,27-,28?/m1/s1. The van der Waals surface area contributed by atoms with Crippen LogP contribution in [0, 0.1) is 46.3 Å². The normalized spacial score (nSPS) is 52.9. The maximum Gasteiger partial charge on any atom is 0.101 e. The van der Waals surface area contributed by atoms with Crippen molar-refractivity contribution >= 4 is 0 Å². The van der Waals surface area contributed by atoms with Crippen molar-refractivity contribution < 1.29 is 9.47 Å². The highest BCUT2D eigenvalue weighted by atomic mass is 16.6. The summed E-state index contributed by atoms with van der Waals surface area (Å²) >= 11 is 0. The maximum absolute atomic E-state index is 6.63. The van der Waals surface area contributed by atoms with Gasteiger partial charge < -0.3 is 9.47 Å². The van der Waals surface area contributed by atoms with E-state index in [-0.39, 0.29) is 5.60 Å². The minimum absolute atomic E-state index is 0.221. The predicted molar refractivity (Wildman–Crippen MR) is 123 cm³/mol. The van der Waals surface area contributed by atoms with Crippen molar-refractivity contribution in [2.75, 3.05) is 7.11 Å².